The molecule has 2 aromatic rings. The molecule has 29 heavy (non-hydrogen) atoms. The van der Waals surface area contributed by atoms with E-state index in [0.717, 1.165) is 14.9 Å². The van der Waals surface area contributed by atoms with Crippen LogP contribution in [0.5, 0.6) is 0 Å². The Balaban J connectivity index is 1.67. The van der Waals surface area contributed by atoms with Gasteiger partial charge in [-0.3, -0.25) is 10.1 Å². The van der Waals surface area contributed by atoms with Gasteiger partial charge in [0, 0.05) is 29.7 Å². The van der Waals surface area contributed by atoms with Crippen molar-refractivity contribution in [3.63, 3.8) is 0 Å². The largest absolute Gasteiger partial charge is 0.367 e. The summed E-state index contributed by atoms with van der Waals surface area (Å²) in [5.74, 6) is -0.272. The van der Waals surface area contributed by atoms with Crippen molar-refractivity contribution < 1.29 is 13.2 Å². The quantitative estimate of drug-likeness (QED) is 0.455. The number of hydrogen-bond donors (Lipinski definition) is 2. The van der Waals surface area contributed by atoms with Crippen LogP contribution in [-0.2, 0) is 10.0 Å². The first-order valence-corrected chi connectivity index (χ1v) is 12.2. The number of carbonyl (C=O) groups is 1. The minimum absolute atomic E-state index is 0.205. The molecule has 0 spiro atoms. The van der Waals surface area contributed by atoms with Crippen LogP contribution < -0.4 is 15.5 Å². The van der Waals surface area contributed by atoms with Gasteiger partial charge in [-0.05, 0) is 59.1 Å². The van der Waals surface area contributed by atoms with Crippen LogP contribution >= 0.6 is 34.8 Å². The van der Waals surface area contributed by atoms with E-state index >= 15 is 0 Å². The number of amides is 1. The van der Waals surface area contributed by atoms with Crippen molar-refractivity contribution in [3.8, 4) is 0 Å². The highest BCUT2D eigenvalue weighted by atomic mass is 127. The van der Waals surface area contributed by atoms with Crippen LogP contribution in [0.3, 0.4) is 0 Å². The Kier molecular flexibility index (Phi) is 7.09. The molecular weight excluding hydrogens is 523 g/mol. The number of thiocarbonyl (C=S) groups is 1. The van der Waals surface area contributed by atoms with Gasteiger partial charge in [-0.15, -0.1) is 0 Å². The van der Waals surface area contributed by atoms with Gasteiger partial charge >= 0.3 is 0 Å². The molecule has 1 amide bonds. The Bertz CT molecular complexity index is 1020. The van der Waals surface area contributed by atoms with Crippen molar-refractivity contribution in [1.82, 2.24) is 9.62 Å². The predicted octanol–water partition coefficient (Wildman–Crippen LogP) is 2.50. The van der Waals surface area contributed by atoms with Gasteiger partial charge in [0.1, 0.15) is 0 Å². The maximum absolute atomic E-state index is 12.5. The second-order valence-electron chi connectivity index (χ2n) is 6.55. The van der Waals surface area contributed by atoms with Crippen LogP contribution in [0.15, 0.2) is 48.5 Å². The molecule has 7 nitrogen and oxygen atoms in total. The molecule has 0 bridgehead atoms. The van der Waals surface area contributed by atoms with Gasteiger partial charge in [0.2, 0.25) is 10.0 Å². The number of anilines is 2. The van der Waals surface area contributed by atoms with Crippen LogP contribution in [0.25, 0.3) is 0 Å². The first-order chi connectivity index (χ1) is 13.8. The van der Waals surface area contributed by atoms with E-state index in [1.807, 2.05) is 36.4 Å². The van der Waals surface area contributed by atoms with Crippen LogP contribution in [0, 0.1) is 3.57 Å². The van der Waals surface area contributed by atoms with Crippen LogP contribution in [0.1, 0.15) is 10.4 Å². The van der Waals surface area contributed by atoms with Crippen molar-refractivity contribution >= 4 is 67.2 Å². The van der Waals surface area contributed by atoms with Crippen molar-refractivity contribution in [2.75, 3.05) is 42.7 Å². The lowest BCUT2D eigenvalue weighted by molar-refractivity contribution is 0.0977. The molecule has 0 unspecified atom stereocenters. The average Bonchev–Trinajstić information content (AvgIpc) is 2.68. The van der Waals surface area contributed by atoms with Gasteiger partial charge in [0.25, 0.3) is 5.91 Å². The zero-order valence-electron chi connectivity index (χ0n) is 15.8. The molecule has 1 aliphatic heterocycles. The maximum Gasteiger partial charge on any atom is 0.258 e. The van der Waals surface area contributed by atoms with Crippen molar-refractivity contribution in [2.45, 2.75) is 0 Å². The molecular formula is C19H21IN4O3S2. The summed E-state index contributed by atoms with van der Waals surface area (Å²) in [7, 11) is -3.18. The molecule has 0 aliphatic carbocycles. The summed E-state index contributed by atoms with van der Waals surface area (Å²) in [6.45, 7) is 2.02. The fourth-order valence-electron chi connectivity index (χ4n) is 3.09. The number of nitrogens with one attached hydrogen (secondary N) is 2. The zero-order valence-corrected chi connectivity index (χ0v) is 19.6. The number of rotatable bonds is 4. The number of halogens is 1. The van der Waals surface area contributed by atoms with Crippen LogP contribution in [0.2, 0.25) is 0 Å². The molecule has 3 rings (SSSR count). The van der Waals surface area contributed by atoms with Crippen molar-refractivity contribution in [3.05, 3.63) is 57.7 Å². The lowest BCUT2D eigenvalue weighted by Crippen LogP contribution is -2.48. The summed E-state index contributed by atoms with van der Waals surface area (Å²) in [5, 5.41) is 6.01. The van der Waals surface area contributed by atoms with Crippen molar-refractivity contribution in [1.29, 1.82) is 0 Å². The molecule has 1 saturated heterocycles. The smallest absolute Gasteiger partial charge is 0.258 e. The van der Waals surface area contributed by atoms with Gasteiger partial charge in [-0.2, -0.15) is 4.31 Å². The highest BCUT2D eigenvalue weighted by Gasteiger charge is 2.24. The Hall–Kier alpha value is -1.76. The van der Waals surface area contributed by atoms with Gasteiger partial charge in [0.15, 0.2) is 5.11 Å². The van der Waals surface area contributed by atoms with Crippen LogP contribution in [0.4, 0.5) is 11.4 Å². The first kappa shape index (κ1) is 21.9. The topological polar surface area (TPSA) is 81.8 Å². The number of hydrogen-bond acceptors (Lipinski definition) is 5. The predicted molar refractivity (Wildman–Crippen MR) is 128 cm³/mol. The van der Waals surface area contributed by atoms with Gasteiger partial charge in [-0.1, -0.05) is 24.3 Å². The monoisotopic (exact) mass is 544 g/mol. The third kappa shape index (κ3) is 5.65. The number of benzene rings is 2. The SMILES string of the molecule is CS(=O)(=O)N1CCN(c2ccccc2NC(=S)NC(=O)c2ccccc2I)CC1. The normalized spacial score (nSPS) is 15.0. The molecule has 154 valence electrons. The Labute approximate surface area is 189 Å². The molecule has 2 N–H and O–H groups in total. The fourth-order valence-corrected chi connectivity index (χ4v) is 4.75. The standard InChI is InChI=1S/C19H21IN4O3S2/c1-29(26,27)24-12-10-23(11-13-24)17-9-5-4-8-16(17)21-19(28)22-18(25)14-6-2-3-7-15(14)20/h2-9H,10-13H2,1H3,(H2,21,22,25,28). The van der Waals surface area contributed by atoms with Crippen LogP contribution in [-0.4, -0.2) is 56.2 Å². The molecule has 10 heteroatoms. The molecule has 1 heterocycles. The summed E-state index contributed by atoms with van der Waals surface area (Å²) >= 11 is 7.44. The minimum Gasteiger partial charge on any atom is -0.367 e. The third-order valence-corrected chi connectivity index (χ3v) is 6.99. The molecule has 1 aliphatic rings. The van der Waals surface area contributed by atoms with Gasteiger partial charge < -0.3 is 10.2 Å². The highest BCUT2D eigenvalue weighted by Crippen LogP contribution is 2.27. The lowest BCUT2D eigenvalue weighted by atomic mass is 10.2. The van der Waals surface area contributed by atoms with E-state index in [1.54, 1.807) is 12.1 Å². The maximum atomic E-state index is 12.5. The Morgan fingerprint density at radius 1 is 1.03 bits per heavy atom. The number of nitrogens with zero attached hydrogens (tertiary/aromatic N) is 2. The van der Waals surface area contributed by atoms with E-state index in [0.29, 0.717) is 31.7 Å². The van der Waals surface area contributed by atoms with Gasteiger partial charge in [-0.25, -0.2) is 8.42 Å². The summed E-state index contributed by atoms with van der Waals surface area (Å²) in [6, 6.07) is 14.9. The van der Waals surface area contributed by atoms with Crippen molar-refractivity contribution in [2.24, 2.45) is 0 Å². The highest BCUT2D eigenvalue weighted by molar-refractivity contribution is 14.1. The summed E-state index contributed by atoms with van der Waals surface area (Å²) in [4.78, 5) is 14.6. The summed E-state index contributed by atoms with van der Waals surface area (Å²) in [5.41, 5.74) is 2.22. The molecule has 0 aromatic heterocycles. The Morgan fingerprint density at radius 3 is 2.31 bits per heavy atom. The second kappa shape index (κ2) is 9.37. The fraction of sp³-hybridized carbons (Fsp3) is 0.263. The number of para-hydroxylation sites is 2. The third-order valence-electron chi connectivity index (χ3n) is 4.55. The van der Waals surface area contributed by atoms with E-state index < -0.39 is 10.0 Å². The molecule has 2 aromatic carbocycles. The average molecular weight is 544 g/mol. The molecule has 0 atom stereocenters. The van der Waals surface area contributed by atoms with E-state index in [2.05, 4.69) is 38.1 Å². The van der Waals surface area contributed by atoms with E-state index in [1.165, 1.54) is 10.6 Å². The summed E-state index contributed by atoms with van der Waals surface area (Å²) in [6.07, 6.45) is 1.23. The minimum atomic E-state index is -3.18. The number of carbonyl (C=O) groups excluding carboxylic acids is 1. The second-order valence-corrected chi connectivity index (χ2v) is 10.1. The molecule has 1 fully saturated rings. The van der Waals surface area contributed by atoms with E-state index in [9.17, 15) is 13.2 Å². The number of piperazine rings is 1. The molecule has 0 saturated carbocycles. The zero-order chi connectivity index (χ0) is 21.0. The van der Waals surface area contributed by atoms with E-state index in [-0.39, 0.29) is 11.0 Å². The first-order valence-electron chi connectivity index (χ1n) is 8.91. The van der Waals surface area contributed by atoms with E-state index in [4.69, 9.17) is 12.2 Å². The number of sulfonamides is 1. The van der Waals surface area contributed by atoms with Gasteiger partial charge in [0.05, 0.1) is 23.2 Å². The molecule has 0 radical (unpaired) electrons. The lowest BCUT2D eigenvalue weighted by Gasteiger charge is -2.35. The summed E-state index contributed by atoms with van der Waals surface area (Å²) < 4.78 is 25.8. The Morgan fingerprint density at radius 2 is 1.66 bits per heavy atom.